The van der Waals surface area contributed by atoms with E-state index in [1.54, 1.807) is 18.2 Å². The zero-order valence-corrected chi connectivity index (χ0v) is 10.1. The molecule has 0 amide bonds. The van der Waals surface area contributed by atoms with Crippen molar-refractivity contribution < 1.29 is 9.53 Å². The number of hydrogen-bond acceptors (Lipinski definition) is 2. The van der Waals surface area contributed by atoms with Crippen molar-refractivity contribution >= 4 is 33.3 Å². The van der Waals surface area contributed by atoms with Gasteiger partial charge in [-0.2, -0.15) is 0 Å². The smallest absolute Gasteiger partial charge is 0.163 e. The molecular formula is C10H10BrClO2. The third-order valence-electron chi connectivity index (χ3n) is 1.67. The van der Waals surface area contributed by atoms with E-state index in [-0.39, 0.29) is 5.78 Å². The number of ether oxygens (including phenoxy) is 1. The molecule has 0 aliphatic heterocycles. The maximum absolute atomic E-state index is 11.2. The summed E-state index contributed by atoms with van der Waals surface area (Å²) < 4.78 is 5.38. The maximum atomic E-state index is 11.2. The summed E-state index contributed by atoms with van der Waals surface area (Å²) in [5.41, 5.74) is 0.526. The second-order valence-electron chi connectivity index (χ2n) is 2.71. The van der Waals surface area contributed by atoms with Gasteiger partial charge in [0.2, 0.25) is 0 Å². The highest BCUT2D eigenvalue weighted by molar-refractivity contribution is 9.09. The molecule has 1 aromatic rings. The van der Waals surface area contributed by atoms with Gasteiger partial charge in [0.25, 0.3) is 0 Å². The Morgan fingerprint density at radius 1 is 1.57 bits per heavy atom. The molecule has 14 heavy (non-hydrogen) atoms. The second kappa shape index (κ2) is 5.37. The van der Waals surface area contributed by atoms with E-state index in [2.05, 4.69) is 15.9 Å². The summed E-state index contributed by atoms with van der Waals surface area (Å²) in [6.45, 7) is 1.98. The van der Waals surface area contributed by atoms with Crippen molar-refractivity contribution in [2.45, 2.75) is 6.92 Å². The monoisotopic (exact) mass is 276 g/mol. The lowest BCUT2D eigenvalue weighted by Gasteiger charge is -2.09. The van der Waals surface area contributed by atoms with Crippen molar-refractivity contribution in [2.75, 3.05) is 11.9 Å². The van der Waals surface area contributed by atoms with E-state index >= 15 is 0 Å². The lowest BCUT2D eigenvalue weighted by molar-refractivity contribution is 0.101. The van der Waals surface area contributed by atoms with Gasteiger partial charge in [0.1, 0.15) is 5.75 Å². The van der Waals surface area contributed by atoms with Gasteiger partial charge in [-0.3, -0.25) is 4.79 Å². The summed E-state index contributed by atoms with van der Waals surface area (Å²) in [5.74, 6) is 0.429. The first-order chi connectivity index (χ1) is 6.66. The van der Waals surface area contributed by atoms with Crippen molar-refractivity contribution in [3.63, 3.8) is 0 Å². The molecule has 0 heterocycles. The number of alkyl halides is 1. The SMILES string of the molecule is CC(=O)c1cccc(Cl)c1OCCBr. The highest BCUT2D eigenvalue weighted by Gasteiger charge is 2.11. The first-order valence-corrected chi connectivity index (χ1v) is 5.65. The fourth-order valence-corrected chi connectivity index (χ4v) is 1.46. The minimum absolute atomic E-state index is 0.0444. The molecular weight excluding hydrogens is 267 g/mol. The largest absolute Gasteiger partial charge is 0.490 e. The first-order valence-electron chi connectivity index (χ1n) is 4.15. The lowest BCUT2D eigenvalue weighted by atomic mass is 10.1. The van der Waals surface area contributed by atoms with E-state index in [1.165, 1.54) is 6.92 Å². The number of carbonyl (C=O) groups excluding carboxylic acids is 1. The van der Waals surface area contributed by atoms with Gasteiger partial charge in [-0.1, -0.05) is 33.6 Å². The molecule has 0 fully saturated rings. The molecule has 4 heteroatoms. The van der Waals surface area contributed by atoms with Gasteiger partial charge in [-0.25, -0.2) is 0 Å². The van der Waals surface area contributed by atoms with Crippen LogP contribution in [0.1, 0.15) is 17.3 Å². The van der Waals surface area contributed by atoms with Crippen LogP contribution in [0.5, 0.6) is 5.75 Å². The molecule has 0 saturated heterocycles. The summed E-state index contributed by atoms with van der Waals surface area (Å²) in [7, 11) is 0. The quantitative estimate of drug-likeness (QED) is 0.623. The topological polar surface area (TPSA) is 26.3 Å². The number of halogens is 2. The van der Waals surface area contributed by atoms with Crippen LogP contribution in [0.2, 0.25) is 5.02 Å². The van der Waals surface area contributed by atoms with Gasteiger partial charge in [0.15, 0.2) is 5.78 Å². The molecule has 0 bridgehead atoms. The fourth-order valence-electron chi connectivity index (χ4n) is 1.07. The average molecular weight is 278 g/mol. The highest BCUT2D eigenvalue weighted by atomic mass is 79.9. The van der Waals surface area contributed by atoms with Crippen molar-refractivity contribution in [1.82, 2.24) is 0 Å². The first kappa shape index (κ1) is 11.5. The van der Waals surface area contributed by atoms with Crippen LogP contribution in [0, 0.1) is 0 Å². The Bertz CT molecular complexity index is 339. The fraction of sp³-hybridized carbons (Fsp3) is 0.300. The van der Waals surface area contributed by atoms with E-state index in [0.717, 1.165) is 0 Å². The van der Waals surface area contributed by atoms with E-state index in [9.17, 15) is 4.79 Å². The van der Waals surface area contributed by atoms with Crippen molar-refractivity contribution in [3.8, 4) is 5.75 Å². The summed E-state index contributed by atoms with van der Waals surface area (Å²) in [4.78, 5) is 11.2. The third-order valence-corrected chi connectivity index (χ3v) is 2.29. The predicted octanol–water partition coefficient (Wildman–Crippen LogP) is 3.32. The van der Waals surface area contributed by atoms with Crippen LogP contribution in [0.3, 0.4) is 0 Å². The molecule has 2 nitrogen and oxygen atoms in total. The maximum Gasteiger partial charge on any atom is 0.163 e. The van der Waals surface area contributed by atoms with Crippen molar-refractivity contribution in [3.05, 3.63) is 28.8 Å². The molecule has 0 atom stereocenters. The van der Waals surface area contributed by atoms with Gasteiger partial charge in [0.05, 0.1) is 17.2 Å². The number of hydrogen-bond donors (Lipinski definition) is 0. The Morgan fingerprint density at radius 3 is 2.86 bits per heavy atom. The molecule has 0 aliphatic rings. The average Bonchev–Trinajstić information content (AvgIpc) is 2.15. The molecule has 0 spiro atoms. The molecule has 0 aliphatic carbocycles. The Hall–Kier alpha value is -0.540. The van der Waals surface area contributed by atoms with Crippen molar-refractivity contribution in [1.29, 1.82) is 0 Å². The Labute approximate surface area is 96.3 Å². The minimum atomic E-state index is -0.0444. The van der Waals surface area contributed by atoms with Crippen LogP contribution in [0.15, 0.2) is 18.2 Å². The van der Waals surface area contributed by atoms with E-state index in [0.29, 0.717) is 28.3 Å². The van der Waals surface area contributed by atoms with E-state index in [1.807, 2.05) is 0 Å². The normalized spacial score (nSPS) is 9.93. The van der Waals surface area contributed by atoms with Crippen molar-refractivity contribution in [2.24, 2.45) is 0 Å². The molecule has 1 rings (SSSR count). The van der Waals surface area contributed by atoms with Crippen LogP contribution >= 0.6 is 27.5 Å². The number of para-hydroxylation sites is 1. The highest BCUT2D eigenvalue weighted by Crippen LogP contribution is 2.28. The number of benzene rings is 1. The molecule has 76 valence electrons. The Balaban J connectivity index is 3.02. The van der Waals surface area contributed by atoms with Crippen LogP contribution in [0.25, 0.3) is 0 Å². The lowest BCUT2D eigenvalue weighted by Crippen LogP contribution is -2.04. The minimum Gasteiger partial charge on any atom is -0.490 e. The van der Waals surface area contributed by atoms with Gasteiger partial charge < -0.3 is 4.74 Å². The number of ketones is 1. The van der Waals surface area contributed by atoms with Gasteiger partial charge >= 0.3 is 0 Å². The van der Waals surface area contributed by atoms with Crippen LogP contribution in [0.4, 0.5) is 0 Å². The van der Waals surface area contributed by atoms with Crippen LogP contribution in [-0.2, 0) is 0 Å². The molecule has 0 radical (unpaired) electrons. The van der Waals surface area contributed by atoms with E-state index in [4.69, 9.17) is 16.3 Å². The number of rotatable bonds is 4. The summed E-state index contributed by atoms with van der Waals surface area (Å²) in [6, 6.07) is 5.15. The van der Waals surface area contributed by atoms with Gasteiger partial charge in [-0.15, -0.1) is 0 Å². The van der Waals surface area contributed by atoms with Crippen LogP contribution in [-0.4, -0.2) is 17.7 Å². The molecule has 1 aromatic carbocycles. The molecule has 0 N–H and O–H groups in total. The standard InChI is InChI=1S/C10H10BrClO2/c1-7(13)8-3-2-4-9(12)10(8)14-6-5-11/h2-4H,5-6H2,1H3. The van der Waals surface area contributed by atoms with Gasteiger partial charge in [-0.05, 0) is 19.1 Å². The zero-order chi connectivity index (χ0) is 10.6. The molecule has 0 saturated carbocycles. The third kappa shape index (κ3) is 2.72. The second-order valence-corrected chi connectivity index (χ2v) is 3.91. The van der Waals surface area contributed by atoms with E-state index < -0.39 is 0 Å². The zero-order valence-electron chi connectivity index (χ0n) is 7.72. The Morgan fingerprint density at radius 2 is 2.29 bits per heavy atom. The number of Topliss-reactive ketones (excluding diaryl/α,β-unsaturated/α-hetero) is 1. The summed E-state index contributed by atoms with van der Waals surface area (Å²) in [5, 5.41) is 1.17. The summed E-state index contributed by atoms with van der Waals surface area (Å²) >= 11 is 9.16. The van der Waals surface area contributed by atoms with Gasteiger partial charge in [0, 0.05) is 5.33 Å². The summed E-state index contributed by atoms with van der Waals surface area (Å²) in [6.07, 6.45) is 0. The number of carbonyl (C=O) groups is 1. The predicted molar refractivity (Wildman–Crippen MR) is 60.7 cm³/mol. The Kier molecular flexibility index (Phi) is 4.42. The molecule has 0 aromatic heterocycles. The van der Waals surface area contributed by atoms with Crippen LogP contribution < -0.4 is 4.74 Å². The molecule has 0 unspecified atom stereocenters.